The Kier molecular flexibility index (Phi) is 6.27. The molecule has 5 aromatic rings. The van der Waals surface area contributed by atoms with Gasteiger partial charge in [-0.2, -0.15) is 4.52 Å². The summed E-state index contributed by atoms with van der Waals surface area (Å²) in [5.74, 6) is 1.86. The summed E-state index contributed by atoms with van der Waals surface area (Å²) in [6.45, 7) is 0. The van der Waals surface area contributed by atoms with Crippen LogP contribution in [0.15, 0.2) is 65.8 Å². The quantitative estimate of drug-likeness (QED) is 0.118. The molecule has 0 aliphatic carbocycles. The lowest BCUT2D eigenvalue weighted by molar-refractivity contribution is -0.385. The first-order valence-corrected chi connectivity index (χ1v) is 11.8. The van der Waals surface area contributed by atoms with Gasteiger partial charge >= 0.3 is 0 Å². The van der Waals surface area contributed by atoms with Crippen molar-refractivity contribution in [3.8, 4) is 22.9 Å². The number of benzene rings is 3. The highest BCUT2D eigenvalue weighted by atomic mass is 32.2. The van der Waals surface area contributed by atoms with E-state index in [-0.39, 0.29) is 11.4 Å². The molecule has 0 aliphatic heterocycles. The third-order valence-corrected chi connectivity index (χ3v) is 6.60. The summed E-state index contributed by atoms with van der Waals surface area (Å²) in [6, 6.07) is 15.8. The molecule has 0 saturated heterocycles. The molecule has 12 nitrogen and oxygen atoms in total. The van der Waals surface area contributed by atoms with Crippen LogP contribution in [0.1, 0.15) is 5.56 Å². The number of ether oxygens (including phenoxy) is 2. The molecule has 0 aliphatic rings. The minimum atomic E-state index is -0.467. The highest BCUT2D eigenvalue weighted by Crippen LogP contribution is 2.35. The Morgan fingerprint density at radius 3 is 2.05 bits per heavy atom. The van der Waals surface area contributed by atoms with Crippen molar-refractivity contribution in [2.45, 2.75) is 10.9 Å². The van der Waals surface area contributed by atoms with Crippen molar-refractivity contribution in [1.29, 1.82) is 0 Å². The van der Waals surface area contributed by atoms with E-state index in [1.54, 1.807) is 40.9 Å². The number of thioether (sulfide) groups is 1. The molecule has 0 radical (unpaired) electrons. The van der Waals surface area contributed by atoms with Gasteiger partial charge in [-0.05, 0) is 23.8 Å². The van der Waals surface area contributed by atoms with E-state index in [9.17, 15) is 20.2 Å². The fourth-order valence-electron chi connectivity index (χ4n) is 3.72. The molecule has 2 aromatic heterocycles. The van der Waals surface area contributed by atoms with E-state index in [4.69, 9.17) is 19.4 Å². The average Bonchev–Trinajstić information content (AvgIpc) is 3.37. The summed E-state index contributed by atoms with van der Waals surface area (Å²) in [5, 5.41) is 27.8. The number of nitrogens with zero attached hydrogens (tertiary/aromatic N) is 6. The summed E-state index contributed by atoms with van der Waals surface area (Å²) in [6.07, 6.45) is 0. The van der Waals surface area contributed by atoms with Gasteiger partial charge in [0, 0.05) is 47.0 Å². The zero-order chi connectivity index (χ0) is 26.1. The zero-order valence-corrected chi connectivity index (χ0v) is 20.3. The Hall–Kier alpha value is -4.78. The zero-order valence-electron chi connectivity index (χ0n) is 19.5. The lowest BCUT2D eigenvalue weighted by Gasteiger charge is -2.11. The predicted octanol–water partition coefficient (Wildman–Crippen LogP) is 5.07. The molecular formula is C24H18N6O6S. The van der Waals surface area contributed by atoms with Crippen molar-refractivity contribution < 1.29 is 19.3 Å². The molecule has 0 N–H and O–H groups in total. The monoisotopic (exact) mass is 518 g/mol. The number of fused-ring (bicyclic) bond motifs is 3. The van der Waals surface area contributed by atoms with E-state index in [2.05, 4.69) is 5.10 Å². The first-order chi connectivity index (χ1) is 17.9. The van der Waals surface area contributed by atoms with Gasteiger partial charge in [0.1, 0.15) is 0 Å². The number of aromatic nitrogens is 4. The summed E-state index contributed by atoms with van der Waals surface area (Å²) >= 11 is 1.39. The molecular weight excluding hydrogens is 500 g/mol. The number of hydrogen-bond acceptors (Lipinski definition) is 10. The molecule has 2 heterocycles. The van der Waals surface area contributed by atoms with Crippen molar-refractivity contribution in [2.75, 3.05) is 14.2 Å². The highest BCUT2D eigenvalue weighted by molar-refractivity contribution is 7.98. The van der Waals surface area contributed by atoms with Crippen LogP contribution in [0.4, 0.5) is 11.4 Å². The van der Waals surface area contributed by atoms with E-state index in [0.717, 1.165) is 5.56 Å². The molecule has 0 bridgehead atoms. The fraction of sp³-hybridized carbons (Fsp3) is 0.125. The maximum Gasteiger partial charge on any atom is 0.269 e. The van der Waals surface area contributed by atoms with E-state index in [0.29, 0.717) is 50.3 Å². The number of nitro groups is 2. The second-order valence-electron chi connectivity index (χ2n) is 7.81. The molecule has 0 unspecified atom stereocenters. The van der Waals surface area contributed by atoms with Gasteiger partial charge in [0.15, 0.2) is 28.1 Å². The predicted molar refractivity (Wildman–Crippen MR) is 136 cm³/mol. The van der Waals surface area contributed by atoms with Gasteiger partial charge in [-0.15, -0.1) is 5.10 Å². The maximum absolute atomic E-state index is 11.0. The molecule has 0 fully saturated rings. The number of methoxy groups -OCH3 is 2. The third-order valence-electron chi connectivity index (χ3n) is 5.60. The van der Waals surface area contributed by atoms with Crippen LogP contribution in [0.3, 0.4) is 0 Å². The van der Waals surface area contributed by atoms with Crippen LogP contribution in [0.25, 0.3) is 27.9 Å². The van der Waals surface area contributed by atoms with Crippen LogP contribution < -0.4 is 9.47 Å². The molecule has 37 heavy (non-hydrogen) atoms. The number of rotatable bonds is 8. The Bertz CT molecular complexity index is 1650. The lowest BCUT2D eigenvalue weighted by atomic mass is 10.2. The average molecular weight is 519 g/mol. The van der Waals surface area contributed by atoms with Crippen LogP contribution in [0, 0.1) is 20.2 Å². The molecule has 0 saturated carbocycles. The van der Waals surface area contributed by atoms with E-state index in [1.165, 1.54) is 50.2 Å². The molecule has 3 aromatic carbocycles. The minimum absolute atomic E-state index is 0.0185. The van der Waals surface area contributed by atoms with E-state index >= 15 is 0 Å². The van der Waals surface area contributed by atoms with Crippen LogP contribution in [0.2, 0.25) is 0 Å². The van der Waals surface area contributed by atoms with Gasteiger partial charge in [0.2, 0.25) is 0 Å². The fourth-order valence-corrected chi connectivity index (χ4v) is 4.62. The largest absolute Gasteiger partial charge is 0.493 e. The summed E-state index contributed by atoms with van der Waals surface area (Å²) in [7, 11) is 3.07. The van der Waals surface area contributed by atoms with Crippen molar-refractivity contribution >= 4 is 39.7 Å². The van der Waals surface area contributed by atoms with Crippen LogP contribution in [-0.4, -0.2) is 43.6 Å². The molecule has 186 valence electrons. The second-order valence-corrected chi connectivity index (χ2v) is 8.75. The number of nitro benzene ring substituents is 2. The normalized spacial score (nSPS) is 11.1. The third kappa shape index (κ3) is 4.59. The molecule has 13 heteroatoms. The van der Waals surface area contributed by atoms with Crippen molar-refractivity contribution in [2.24, 2.45) is 0 Å². The number of hydrogen-bond donors (Lipinski definition) is 0. The molecule has 5 rings (SSSR count). The van der Waals surface area contributed by atoms with Crippen LogP contribution in [-0.2, 0) is 5.75 Å². The Morgan fingerprint density at radius 2 is 1.46 bits per heavy atom. The summed E-state index contributed by atoms with van der Waals surface area (Å²) in [4.78, 5) is 30.6. The molecule has 0 spiro atoms. The first-order valence-electron chi connectivity index (χ1n) is 10.8. The van der Waals surface area contributed by atoms with Gasteiger partial charge in [0.25, 0.3) is 11.4 Å². The van der Waals surface area contributed by atoms with Crippen LogP contribution >= 0.6 is 11.8 Å². The Balaban J connectivity index is 1.61. The van der Waals surface area contributed by atoms with Gasteiger partial charge in [-0.25, -0.2) is 9.97 Å². The van der Waals surface area contributed by atoms with Crippen molar-refractivity contribution in [3.05, 3.63) is 86.5 Å². The van der Waals surface area contributed by atoms with E-state index < -0.39 is 9.85 Å². The highest BCUT2D eigenvalue weighted by Gasteiger charge is 2.18. The minimum Gasteiger partial charge on any atom is -0.493 e. The summed E-state index contributed by atoms with van der Waals surface area (Å²) in [5.41, 5.74) is 2.59. The maximum atomic E-state index is 11.0. The molecule has 0 amide bonds. The second kappa shape index (κ2) is 9.70. The topological polar surface area (TPSA) is 148 Å². The van der Waals surface area contributed by atoms with Crippen molar-refractivity contribution in [1.82, 2.24) is 19.6 Å². The van der Waals surface area contributed by atoms with Gasteiger partial charge in [0.05, 0.1) is 29.6 Å². The number of non-ortho nitro benzene ring substituents is 2. The smallest absolute Gasteiger partial charge is 0.269 e. The summed E-state index contributed by atoms with van der Waals surface area (Å²) < 4.78 is 12.5. The standard InChI is InChI=1S/C24H18N6O6S/c1-35-20-11-18-19(12-21(20)36-2)25-24(37-13-14-3-7-16(8-4-14)29(31)32)28-23(18)26-22(27-28)15-5-9-17(10-6-15)30(33)34/h3-12H,13H2,1-2H3. The Morgan fingerprint density at radius 1 is 0.865 bits per heavy atom. The van der Waals surface area contributed by atoms with E-state index in [1.807, 2.05) is 0 Å². The lowest BCUT2D eigenvalue weighted by Crippen LogP contribution is -2.00. The van der Waals surface area contributed by atoms with Crippen LogP contribution in [0.5, 0.6) is 11.5 Å². The SMILES string of the molecule is COc1cc2nc(SCc3ccc([N+](=O)[O-])cc3)n3nc(-c4ccc([N+](=O)[O-])cc4)nc3c2cc1OC. The van der Waals surface area contributed by atoms with Gasteiger partial charge in [-0.1, -0.05) is 23.9 Å². The Labute approximate surface area is 213 Å². The van der Waals surface area contributed by atoms with Gasteiger partial charge < -0.3 is 9.47 Å². The molecule has 0 atom stereocenters. The van der Waals surface area contributed by atoms with Gasteiger partial charge in [-0.3, -0.25) is 20.2 Å². The first kappa shape index (κ1) is 23.9. The van der Waals surface area contributed by atoms with Crippen molar-refractivity contribution in [3.63, 3.8) is 0 Å².